The molecule has 160 valence electrons. The molecular formula is C19H22N4O6S. The van der Waals surface area contributed by atoms with Gasteiger partial charge in [-0.2, -0.15) is 9.41 Å². The van der Waals surface area contributed by atoms with Crippen molar-refractivity contribution in [3.05, 3.63) is 58.1 Å². The molecule has 1 fully saturated rings. The summed E-state index contributed by atoms with van der Waals surface area (Å²) in [5.74, 6) is 0.613. The summed E-state index contributed by atoms with van der Waals surface area (Å²) in [6.07, 6.45) is 0. The summed E-state index contributed by atoms with van der Waals surface area (Å²) in [7, 11) is -2.31. The Balaban J connectivity index is 1.90. The molecule has 0 aliphatic carbocycles. The number of ether oxygens (including phenoxy) is 2. The molecule has 0 amide bonds. The summed E-state index contributed by atoms with van der Waals surface area (Å²) in [5, 5.41) is 15.8. The maximum absolute atomic E-state index is 12.8. The van der Waals surface area contributed by atoms with Crippen LogP contribution in [0.25, 0.3) is 0 Å². The lowest BCUT2D eigenvalue weighted by Crippen LogP contribution is -2.40. The summed E-state index contributed by atoms with van der Waals surface area (Å²) in [4.78, 5) is 10.8. The molecule has 3 rings (SSSR count). The number of nitrogens with one attached hydrogen (secondary N) is 1. The third kappa shape index (κ3) is 4.58. The van der Waals surface area contributed by atoms with E-state index >= 15 is 0 Å². The fourth-order valence-electron chi connectivity index (χ4n) is 3.00. The standard InChI is InChI=1S/C19H22N4O6S/c1-14(16-5-3-4-6-19(16)28-2)20-21-17-8-7-15(13-18(17)23(24)25)30(26,27)22-9-11-29-12-10-22/h3-8,13,21H,9-12H2,1-2H3/b20-14+. The van der Waals surface area contributed by atoms with Crippen LogP contribution in [0.15, 0.2) is 52.5 Å². The van der Waals surface area contributed by atoms with Crippen LogP contribution in [0.1, 0.15) is 12.5 Å². The van der Waals surface area contributed by atoms with Gasteiger partial charge in [0.1, 0.15) is 11.4 Å². The van der Waals surface area contributed by atoms with E-state index in [-0.39, 0.29) is 42.6 Å². The predicted octanol–water partition coefficient (Wildman–Crippen LogP) is 2.46. The first-order valence-corrected chi connectivity index (χ1v) is 10.6. The number of nitro benzene ring substituents is 1. The Bertz CT molecular complexity index is 1060. The maximum Gasteiger partial charge on any atom is 0.295 e. The lowest BCUT2D eigenvalue weighted by Gasteiger charge is -2.26. The Hall–Kier alpha value is -3.02. The van der Waals surface area contributed by atoms with E-state index in [2.05, 4.69) is 10.5 Å². The highest BCUT2D eigenvalue weighted by molar-refractivity contribution is 7.89. The van der Waals surface area contributed by atoms with Gasteiger partial charge in [0.15, 0.2) is 0 Å². The average Bonchev–Trinajstić information content (AvgIpc) is 2.77. The number of para-hydroxylation sites is 1. The molecule has 0 bridgehead atoms. The number of methoxy groups -OCH3 is 1. The second kappa shape index (κ2) is 9.20. The summed E-state index contributed by atoms with van der Waals surface area (Å²) in [6.45, 7) is 2.72. The van der Waals surface area contributed by atoms with Crippen LogP contribution in [-0.4, -0.2) is 56.8 Å². The lowest BCUT2D eigenvalue weighted by molar-refractivity contribution is -0.384. The van der Waals surface area contributed by atoms with E-state index in [4.69, 9.17) is 9.47 Å². The molecule has 1 heterocycles. The number of rotatable bonds is 7. The van der Waals surface area contributed by atoms with Gasteiger partial charge < -0.3 is 9.47 Å². The average molecular weight is 434 g/mol. The minimum absolute atomic E-state index is 0.0789. The van der Waals surface area contributed by atoms with Crippen molar-refractivity contribution in [1.29, 1.82) is 0 Å². The van der Waals surface area contributed by atoms with Crippen LogP contribution in [0.4, 0.5) is 11.4 Å². The molecule has 1 saturated heterocycles. The highest BCUT2D eigenvalue weighted by Crippen LogP contribution is 2.29. The molecule has 0 aromatic heterocycles. The molecule has 2 aromatic carbocycles. The monoisotopic (exact) mass is 434 g/mol. The van der Waals surface area contributed by atoms with Crippen molar-refractivity contribution in [2.75, 3.05) is 38.8 Å². The minimum Gasteiger partial charge on any atom is -0.496 e. The van der Waals surface area contributed by atoms with E-state index in [1.165, 1.54) is 23.5 Å². The van der Waals surface area contributed by atoms with Gasteiger partial charge in [-0.15, -0.1) is 0 Å². The van der Waals surface area contributed by atoms with Gasteiger partial charge in [-0.05, 0) is 31.2 Å². The van der Waals surface area contributed by atoms with Crippen LogP contribution in [0, 0.1) is 10.1 Å². The van der Waals surface area contributed by atoms with Crippen molar-refractivity contribution in [2.45, 2.75) is 11.8 Å². The molecule has 10 nitrogen and oxygen atoms in total. The quantitative estimate of drug-likeness (QED) is 0.403. The van der Waals surface area contributed by atoms with E-state index in [1.807, 2.05) is 18.2 Å². The van der Waals surface area contributed by atoms with Gasteiger partial charge in [0, 0.05) is 24.7 Å². The predicted molar refractivity (Wildman–Crippen MR) is 112 cm³/mol. The normalized spacial score (nSPS) is 15.6. The zero-order valence-electron chi connectivity index (χ0n) is 16.6. The van der Waals surface area contributed by atoms with E-state index in [0.717, 1.165) is 11.6 Å². The van der Waals surface area contributed by atoms with Crippen molar-refractivity contribution in [1.82, 2.24) is 4.31 Å². The Morgan fingerprint density at radius 3 is 2.60 bits per heavy atom. The first-order chi connectivity index (χ1) is 14.3. The molecule has 30 heavy (non-hydrogen) atoms. The Morgan fingerprint density at radius 1 is 1.23 bits per heavy atom. The van der Waals surface area contributed by atoms with Crippen molar-refractivity contribution >= 4 is 27.1 Å². The van der Waals surface area contributed by atoms with Gasteiger partial charge in [0.2, 0.25) is 10.0 Å². The molecule has 0 radical (unpaired) electrons. The first-order valence-electron chi connectivity index (χ1n) is 9.14. The fourth-order valence-corrected chi connectivity index (χ4v) is 4.43. The third-order valence-corrected chi connectivity index (χ3v) is 6.51. The molecule has 2 aromatic rings. The van der Waals surface area contributed by atoms with Gasteiger partial charge in [-0.3, -0.25) is 15.5 Å². The zero-order chi connectivity index (χ0) is 21.7. The van der Waals surface area contributed by atoms with E-state index in [1.54, 1.807) is 13.0 Å². The molecule has 0 spiro atoms. The lowest BCUT2D eigenvalue weighted by atomic mass is 10.1. The molecular weight excluding hydrogens is 412 g/mol. The van der Waals surface area contributed by atoms with E-state index in [9.17, 15) is 18.5 Å². The molecule has 0 saturated carbocycles. The zero-order valence-corrected chi connectivity index (χ0v) is 17.4. The highest BCUT2D eigenvalue weighted by atomic mass is 32.2. The van der Waals surface area contributed by atoms with Crippen LogP contribution in [0.5, 0.6) is 5.75 Å². The SMILES string of the molecule is COc1ccccc1/C(C)=N/Nc1ccc(S(=O)(=O)N2CCOCC2)cc1[N+](=O)[O-]. The second-order valence-corrected chi connectivity index (χ2v) is 8.40. The second-order valence-electron chi connectivity index (χ2n) is 6.46. The van der Waals surface area contributed by atoms with Crippen LogP contribution >= 0.6 is 0 Å². The summed E-state index contributed by atoms with van der Waals surface area (Å²) < 4.78 is 37.3. The third-order valence-electron chi connectivity index (χ3n) is 4.61. The molecule has 1 N–H and O–H groups in total. The highest BCUT2D eigenvalue weighted by Gasteiger charge is 2.28. The van der Waals surface area contributed by atoms with Crippen LogP contribution in [0.3, 0.4) is 0 Å². The first kappa shape index (κ1) is 21.7. The Labute approximate surface area is 174 Å². The van der Waals surface area contributed by atoms with Gasteiger partial charge in [-0.25, -0.2) is 8.42 Å². The Morgan fingerprint density at radius 2 is 1.93 bits per heavy atom. The van der Waals surface area contributed by atoms with Gasteiger partial charge in [0.05, 0.1) is 35.9 Å². The number of benzene rings is 2. The summed E-state index contributed by atoms with van der Waals surface area (Å²) >= 11 is 0. The van der Waals surface area contributed by atoms with Crippen LogP contribution in [-0.2, 0) is 14.8 Å². The number of hydrogen-bond acceptors (Lipinski definition) is 8. The number of morpholine rings is 1. The van der Waals surface area contributed by atoms with Crippen molar-refractivity contribution in [3.63, 3.8) is 0 Å². The molecule has 1 aliphatic rings. The van der Waals surface area contributed by atoms with Crippen molar-refractivity contribution in [2.24, 2.45) is 5.10 Å². The van der Waals surface area contributed by atoms with E-state index in [0.29, 0.717) is 11.5 Å². The number of anilines is 1. The molecule has 0 unspecified atom stereocenters. The van der Waals surface area contributed by atoms with Gasteiger partial charge >= 0.3 is 0 Å². The molecule has 1 aliphatic heterocycles. The number of hydrazone groups is 1. The fraction of sp³-hybridized carbons (Fsp3) is 0.316. The summed E-state index contributed by atoms with van der Waals surface area (Å²) in [5.41, 5.74) is 3.63. The number of sulfonamides is 1. The van der Waals surface area contributed by atoms with Crippen molar-refractivity contribution < 1.29 is 22.8 Å². The molecule has 0 atom stereocenters. The topological polar surface area (TPSA) is 123 Å². The minimum atomic E-state index is -3.85. The van der Waals surface area contributed by atoms with Gasteiger partial charge in [0.25, 0.3) is 5.69 Å². The maximum atomic E-state index is 12.8. The smallest absolute Gasteiger partial charge is 0.295 e. The van der Waals surface area contributed by atoms with Crippen LogP contribution < -0.4 is 10.2 Å². The van der Waals surface area contributed by atoms with Gasteiger partial charge in [-0.1, -0.05) is 12.1 Å². The molecule has 11 heteroatoms. The van der Waals surface area contributed by atoms with Crippen LogP contribution in [0.2, 0.25) is 0 Å². The number of nitrogens with zero attached hydrogens (tertiary/aromatic N) is 3. The largest absolute Gasteiger partial charge is 0.496 e. The van der Waals surface area contributed by atoms with Crippen molar-refractivity contribution in [3.8, 4) is 5.75 Å². The van der Waals surface area contributed by atoms with E-state index < -0.39 is 14.9 Å². The summed E-state index contributed by atoms with van der Waals surface area (Å²) in [6, 6.07) is 10.9. The Kier molecular flexibility index (Phi) is 6.65. The number of hydrogen-bond donors (Lipinski definition) is 1. The number of nitro groups is 1.